The monoisotopic (exact) mass is 1010 g/mol. The Kier molecular flexibility index (Phi) is 14.7. The van der Waals surface area contributed by atoms with Gasteiger partial charge in [-0.15, -0.1) is 11.3 Å². The third-order valence-electron chi connectivity index (χ3n) is 14.7. The van der Waals surface area contributed by atoms with E-state index in [0.29, 0.717) is 11.6 Å². The van der Waals surface area contributed by atoms with Crippen LogP contribution in [-0.4, -0.2) is 136 Å². The summed E-state index contributed by atoms with van der Waals surface area (Å²) in [5.74, 6) is 0.655. The van der Waals surface area contributed by atoms with Crippen molar-refractivity contribution >= 4 is 57.8 Å². The molecule has 3 aromatic carbocycles. The minimum atomic E-state index is -0.804. The number of aliphatic hydroxyl groups is 1. The number of piperidine rings is 1. The molecule has 3 N–H and O–H groups in total. The first kappa shape index (κ1) is 49.0. The molecular formula is C52H63N9O8S2. The minimum absolute atomic E-state index is 0.0779. The number of carbonyl (C=O) groups excluding carboxylic acids is 2. The smallest absolute Gasteiger partial charge is 0.270 e. The summed E-state index contributed by atoms with van der Waals surface area (Å²) >= 11 is 3.11. The molecule has 3 saturated heterocycles. The van der Waals surface area contributed by atoms with Crippen LogP contribution in [0.3, 0.4) is 0 Å². The van der Waals surface area contributed by atoms with Crippen LogP contribution in [0.25, 0.3) is 10.4 Å². The minimum Gasteiger partial charge on any atom is -0.490 e. The molecule has 6 heterocycles. The number of nitro benzene ring substituents is 1. The maximum absolute atomic E-state index is 14.3. The lowest BCUT2D eigenvalue weighted by Crippen LogP contribution is -2.50. The van der Waals surface area contributed by atoms with Gasteiger partial charge in [-0.25, -0.2) is 4.98 Å². The van der Waals surface area contributed by atoms with Crippen LogP contribution in [0.15, 0.2) is 86.6 Å². The van der Waals surface area contributed by atoms with Gasteiger partial charge >= 0.3 is 0 Å². The number of likely N-dealkylation sites (tertiary alicyclic amines) is 2. The Bertz CT molecular complexity index is 2690. The number of aryl methyl sites for hydroxylation is 1. The topological polar surface area (TPSA) is 192 Å². The Labute approximate surface area is 422 Å². The number of fused-ring (bicyclic) bond motifs is 2. The third kappa shape index (κ3) is 11.1. The molecule has 5 aliphatic rings. The van der Waals surface area contributed by atoms with Crippen molar-refractivity contribution in [2.24, 2.45) is 5.92 Å². The number of hydrogen-bond acceptors (Lipinski definition) is 16. The Morgan fingerprint density at radius 1 is 0.901 bits per heavy atom. The maximum Gasteiger partial charge on any atom is 0.270 e. The van der Waals surface area contributed by atoms with Crippen LogP contribution in [0.2, 0.25) is 0 Å². The van der Waals surface area contributed by atoms with Gasteiger partial charge in [-0.05, 0) is 68.0 Å². The van der Waals surface area contributed by atoms with E-state index in [4.69, 9.17) is 14.0 Å². The van der Waals surface area contributed by atoms with Crippen LogP contribution in [0.5, 0.6) is 5.75 Å². The van der Waals surface area contributed by atoms with Crippen molar-refractivity contribution in [2.45, 2.75) is 112 Å². The van der Waals surface area contributed by atoms with E-state index in [9.17, 15) is 24.8 Å². The second kappa shape index (κ2) is 21.3. The summed E-state index contributed by atoms with van der Waals surface area (Å²) in [7, 11) is 0. The molecule has 2 amide bonds. The molecule has 2 aromatic heterocycles. The molecule has 71 heavy (non-hydrogen) atoms. The number of ether oxygens (including phenoxy) is 2. The largest absolute Gasteiger partial charge is 0.490 e. The van der Waals surface area contributed by atoms with Gasteiger partial charge < -0.3 is 44.4 Å². The van der Waals surface area contributed by atoms with E-state index in [-0.39, 0.29) is 65.7 Å². The normalized spacial score (nSPS) is 22.6. The number of nitrogens with zero attached hydrogens (tertiary/aromatic N) is 7. The summed E-state index contributed by atoms with van der Waals surface area (Å²) in [4.78, 5) is 55.1. The maximum atomic E-state index is 14.3. The highest BCUT2D eigenvalue weighted by Gasteiger charge is 2.44. The number of nitrogens with one attached hydrogen (secondary N) is 2. The van der Waals surface area contributed by atoms with Crippen LogP contribution in [0.4, 0.5) is 22.9 Å². The SMILES string of the molecule is Cc1ncsc1-c1ccc([C@H](C)NC(=O)[C@@H]2C[C@@H](O)CN2C(=O)[C@@H](c2cc(N3CCN(CCN4CCC(OC5CC(Oc6ccc7c(c6)Sc6cc([N+](=O)[O-])ccc6N7)C5)CC4)CC3)no2)C(C)C)cc1. The van der Waals surface area contributed by atoms with Crippen LogP contribution < -0.4 is 20.3 Å². The number of non-ortho nitro benzene ring substituents is 1. The third-order valence-corrected chi connectivity index (χ3v) is 16.8. The molecule has 0 radical (unpaired) electrons. The molecule has 4 aliphatic heterocycles. The van der Waals surface area contributed by atoms with Crippen LogP contribution in [0, 0.1) is 23.0 Å². The molecule has 1 saturated carbocycles. The first-order chi connectivity index (χ1) is 34.3. The summed E-state index contributed by atoms with van der Waals surface area (Å²) in [6.07, 6.45) is 3.73. The number of thiazole rings is 1. The number of amides is 2. The van der Waals surface area contributed by atoms with E-state index < -0.39 is 18.1 Å². The van der Waals surface area contributed by atoms with Gasteiger partial charge in [0, 0.05) is 106 Å². The number of piperazine rings is 1. The predicted molar refractivity (Wildman–Crippen MR) is 273 cm³/mol. The fraction of sp³-hybridized carbons (Fsp3) is 0.500. The highest BCUT2D eigenvalue weighted by atomic mass is 32.2. The van der Waals surface area contributed by atoms with E-state index >= 15 is 0 Å². The zero-order valence-corrected chi connectivity index (χ0v) is 42.3. The van der Waals surface area contributed by atoms with Crippen molar-refractivity contribution in [2.75, 3.05) is 69.1 Å². The first-order valence-electron chi connectivity index (χ1n) is 25.0. The van der Waals surface area contributed by atoms with Crippen molar-refractivity contribution in [3.63, 3.8) is 0 Å². The van der Waals surface area contributed by atoms with Crippen molar-refractivity contribution in [1.82, 2.24) is 30.2 Å². The Morgan fingerprint density at radius 2 is 1.61 bits per heavy atom. The number of β-amino-alcohol motifs (C(OH)–C–C–N with tert-alkyl or cyclic N) is 1. The average molecular weight is 1010 g/mol. The second-order valence-corrected chi connectivity index (χ2v) is 21.9. The molecule has 4 fully saturated rings. The molecule has 5 aromatic rings. The van der Waals surface area contributed by atoms with Gasteiger partial charge in [0.15, 0.2) is 11.6 Å². The van der Waals surface area contributed by atoms with Gasteiger partial charge in [0.1, 0.15) is 23.8 Å². The summed E-state index contributed by atoms with van der Waals surface area (Å²) in [5.41, 5.74) is 6.75. The molecular weight excluding hydrogens is 943 g/mol. The van der Waals surface area contributed by atoms with Gasteiger partial charge in [-0.1, -0.05) is 55.0 Å². The van der Waals surface area contributed by atoms with Crippen molar-refractivity contribution in [3.8, 4) is 16.2 Å². The fourth-order valence-electron chi connectivity index (χ4n) is 10.5. The lowest BCUT2D eigenvalue weighted by atomic mass is 9.91. The fourth-order valence-corrected chi connectivity index (χ4v) is 12.3. The number of nitro groups is 1. The van der Waals surface area contributed by atoms with Gasteiger partial charge in [0.25, 0.3) is 5.69 Å². The van der Waals surface area contributed by atoms with Gasteiger partial charge in [-0.2, -0.15) is 0 Å². The standard InChI is InChI=1S/C52H63N9O8S2/c1-31(2)49(52(64)60-29-37(62)24-44(60)51(63)54-32(3)34-5-7-35(8-6-34)50-33(4)53-30-70-50)45-28-48(56-69-45)59-21-19-58(20-22-59)18-17-57-15-13-38(14-16-57)67-40-25-41(26-40)68-39-10-12-43-47(27-39)71-46-23-36(61(65)66)9-11-42(46)55-43/h5-12,23,27-28,30-32,37-38,40-41,44,49,55,62H,13-22,24-26,29H2,1-4H3,(H,54,63)/t32-,37+,40?,41?,44-,49+/m0/s1. The van der Waals surface area contributed by atoms with Gasteiger partial charge in [0.05, 0.1) is 56.7 Å². The Morgan fingerprint density at radius 3 is 2.30 bits per heavy atom. The van der Waals surface area contributed by atoms with Crippen molar-refractivity contribution < 1.29 is 33.6 Å². The molecule has 19 heteroatoms. The quantitative estimate of drug-likeness (QED) is 0.0624. The lowest BCUT2D eigenvalue weighted by molar-refractivity contribution is -0.385. The summed E-state index contributed by atoms with van der Waals surface area (Å²) in [6.45, 7) is 15.4. The average Bonchev–Trinajstić information content (AvgIpc) is 4.12. The van der Waals surface area contributed by atoms with E-state index in [1.807, 2.05) is 81.7 Å². The zero-order valence-electron chi connectivity index (χ0n) is 40.7. The van der Waals surface area contributed by atoms with Crippen LogP contribution >= 0.6 is 23.1 Å². The number of carbonyl (C=O) groups is 2. The molecule has 17 nitrogen and oxygen atoms in total. The number of aliphatic hydroxyl groups excluding tert-OH is 1. The molecule has 10 rings (SSSR count). The summed E-state index contributed by atoms with van der Waals surface area (Å²) < 4.78 is 18.8. The van der Waals surface area contributed by atoms with E-state index in [2.05, 4.69) is 35.5 Å². The second-order valence-electron chi connectivity index (χ2n) is 20.0. The highest BCUT2D eigenvalue weighted by Crippen LogP contribution is 2.47. The van der Waals surface area contributed by atoms with Crippen LogP contribution in [-0.2, 0) is 14.3 Å². The van der Waals surface area contributed by atoms with E-state index in [1.54, 1.807) is 23.5 Å². The molecule has 0 bridgehead atoms. The predicted octanol–water partition coefficient (Wildman–Crippen LogP) is 8.01. The number of rotatable bonds is 16. The van der Waals surface area contributed by atoms with Gasteiger partial charge in [0.2, 0.25) is 11.8 Å². The summed E-state index contributed by atoms with van der Waals surface area (Å²) in [5, 5.41) is 33.0. The first-order valence-corrected chi connectivity index (χ1v) is 26.7. The highest BCUT2D eigenvalue weighted by molar-refractivity contribution is 7.99. The molecule has 376 valence electrons. The number of anilines is 3. The van der Waals surface area contributed by atoms with E-state index in [0.717, 1.165) is 127 Å². The number of benzene rings is 3. The van der Waals surface area contributed by atoms with Gasteiger partial charge in [-0.3, -0.25) is 24.6 Å². The number of hydrogen-bond donors (Lipinski definition) is 3. The summed E-state index contributed by atoms with van der Waals surface area (Å²) in [6, 6.07) is 19.7. The molecule has 0 spiro atoms. The Hall–Kier alpha value is -5.57. The molecule has 1 aliphatic carbocycles. The van der Waals surface area contributed by atoms with E-state index in [1.165, 1.54) is 22.7 Å². The Balaban J connectivity index is 0.635. The zero-order chi connectivity index (χ0) is 49.3. The van der Waals surface area contributed by atoms with Crippen molar-refractivity contribution in [1.29, 1.82) is 0 Å². The molecule has 0 unspecified atom stereocenters. The lowest BCUT2D eigenvalue weighted by Gasteiger charge is -2.40. The van der Waals surface area contributed by atoms with Crippen LogP contribution in [0.1, 0.15) is 81.9 Å². The van der Waals surface area contributed by atoms with Crippen molar-refractivity contribution in [3.05, 3.63) is 99.4 Å². The number of aromatic nitrogens is 2. The molecule has 4 atom stereocenters.